The van der Waals surface area contributed by atoms with Crippen LogP contribution in [0.2, 0.25) is 0 Å². The predicted octanol–water partition coefficient (Wildman–Crippen LogP) is 13.6. The van der Waals surface area contributed by atoms with Gasteiger partial charge >= 0.3 is 0 Å². The number of hydrogen-bond donors (Lipinski definition) is 0. The van der Waals surface area contributed by atoms with E-state index in [1.807, 2.05) is 22.7 Å². The molecule has 2 nitrogen and oxygen atoms in total. The van der Waals surface area contributed by atoms with Gasteiger partial charge in [-0.05, 0) is 70.8 Å². The van der Waals surface area contributed by atoms with Gasteiger partial charge in [-0.25, -0.2) is 0 Å². The number of benzene rings is 7. The molecule has 0 spiro atoms. The van der Waals surface area contributed by atoms with Crippen LogP contribution in [0.25, 0.3) is 96.0 Å². The number of hydrogen-bond acceptors (Lipinski definition) is 2. The molecule has 4 aromatic heterocycles. The van der Waals surface area contributed by atoms with E-state index < -0.39 is 0 Å². The van der Waals surface area contributed by atoms with Crippen molar-refractivity contribution in [2.75, 3.05) is 0 Å². The van der Waals surface area contributed by atoms with Crippen LogP contribution in [-0.4, -0.2) is 9.13 Å². The van der Waals surface area contributed by atoms with Gasteiger partial charge in [0.25, 0.3) is 0 Å². The molecule has 0 amide bonds. The highest BCUT2D eigenvalue weighted by Gasteiger charge is 2.21. The van der Waals surface area contributed by atoms with E-state index in [2.05, 4.69) is 179 Å². The summed E-state index contributed by atoms with van der Waals surface area (Å²) in [7, 11) is 0. The van der Waals surface area contributed by atoms with Crippen LogP contribution in [0, 0.1) is 0 Å². The van der Waals surface area contributed by atoms with E-state index in [0.717, 1.165) is 0 Å². The van der Waals surface area contributed by atoms with Crippen molar-refractivity contribution < 1.29 is 0 Å². The Morgan fingerprint density at radius 2 is 0.880 bits per heavy atom. The minimum Gasteiger partial charge on any atom is -0.308 e. The Bertz CT molecular complexity index is 3080. The first kappa shape index (κ1) is 28.0. The number of rotatable bonds is 4. The number of aromatic nitrogens is 2. The zero-order valence-corrected chi connectivity index (χ0v) is 28.5. The van der Waals surface area contributed by atoms with Crippen molar-refractivity contribution in [2.24, 2.45) is 0 Å². The summed E-state index contributed by atoms with van der Waals surface area (Å²) in [4.78, 5) is 0. The molecular formula is C46H28N2S2. The third-order valence-electron chi connectivity index (χ3n) is 10.1. The lowest BCUT2D eigenvalue weighted by Crippen LogP contribution is -1.93. The Balaban J connectivity index is 1.07. The number of para-hydroxylation sites is 4. The van der Waals surface area contributed by atoms with Gasteiger partial charge in [0.15, 0.2) is 0 Å². The first-order valence-electron chi connectivity index (χ1n) is 16.9. The van der Waals surface area contributed by atoms with Crippen LogP contribution in [0.15, 0.2) is 170 Å². The van der Waals surface area contributed by atoms with Crippen LogP contribution in [0.1, 0.15) is 0 Å². The Hall–Kier alpha value is -5.94. The maximum absolute atomic E-state index is 2.44. The van der Waals surface area contributed by atoms with E-state index in [9.17, 15) is 0 Å². The number of fused-ring (bicyclic) bond motifs is 10. The first-order valence-corrected chi connectivity index (χ1v) is 18.6. The molecule has 0 aliphatic rings. The molecule has 0 aliphatic heterocycles. The summed E-state index contributed by atoms with van der Waals surface area (Å²) < 4.78 is 10.2. The Kier molecular flexibility index (Phi) is 6.03. The van der Waals surface area contributed by atoms with Crippen molar-refractivity contribution in [3.8, 4) is 33.6 Å². The van der Waals surface area contributed by atoms with E-state index in [4.69, 9.17) is 0 Å². The zero-order chi connectivity index (χ0) is 32.8. The highest BCUT2D eigenvalue weighted by Crippen LogP contribution is 2.47. The van der Waals surface area contributed by atoms with Crippen molar-refractivity contribution in [3.05, 3.63) is 170 Å². The second-order valence-electron chi connectivity index (χ2n) is 12.9. The molecule has 0 N–H and O–H groups in total. The summed E-state index contributed by atoms with van der Waals surface area (Å²) >= 11 is 3.81. The summed E-state index contributed by atoms with van der Waals surface area (Å²) in [6.07, 6.45) is 0. The maximum atomic E-state index is 2.44. The average molecular weight is 673 g/mol. The molecule has 50 heavy (non-hydrogen) atoms. The highest BCUT2D eigenvalue weighted by molar-refractivity contribution is 7.27. The molecule has 0 saturated carbocycles. The van der Waals surface area contributed by atoms with Crippen LogP contribution in [-0.2, 0) is 0 Å². The van der Waals surface area contributed by atoms with Gasteiger partial charge in [-0.3, -0.25) is 0 Å². The second kappa shape index (κ2) is 10.8. The standard InChI is InChI=1S/C46H28N2S2/c1-3-15-32(16-4-1)47-39-23-9-7-19-35(39)45-42(47)37-26-25-30(28-41(37)49-45)29-13-11-14-31(27-29)34-21-12-22-38-43-46(50-44(34)38)36-20-8-10-24-40(36)48(43)33-17-5-2-6-18-33/h1-28H. The minimum absolute atomic E-state index is 1.19. The van der Waals surface area contributed by atoms with Gasteiger partial charge < -0.3 is 9.13 Å². The fourth-order valence-corrected chi connectivity index (χ4v) is 10.5. The highest BCUT2D eigenvalue weighted by atomic mass is 32.1. The van der Waals surface area contributed by atoms with Crippen molar-refractivity contribution in [3.63, 3.8) is 0 Å². The lowest BCUT2D eigenvalue weighted by atomic mass is 9.98. The molecule has 0 unspecified atom stereocenters. The van der Waals surface area contributed by atoms with E-state index in [1.54, 1.807) is 0 Å². The van der Waals surface area contributed by atoms with Crippen molar-refractivity contribution >= 4 is 85.1 Å². The average Bonchev–Trinajstić information content (AvgIpc) is 3.92. The molecule has 0 fully saturated rings. The molecule has 4 heterocycles. The lowest BCUT2D eigenvalue weighted by Gasteiger charge is -2.10. The maximum Gasteiger partial charge on any atom is 0.0727 e. The summed E-state index contributed by atoms with van der Waals surface area (Å²) in [5.41, 5.74) is 12.5. The normalized spacial score (nSPS) is 12.0. The van der Waals surface area contributed by atoms with Crippen LogP contribution in [0.3, 0.4) is 0 Å². The Morgan fingerprint density at radius 1 is 0.340 bits per heavy atom. The van der Waals surface area contributed by atoms with Gasteiger partial charge in [-0.1, -0.05) is 121 Å². The smallest absolute Gasteiger partial charge is 0.0727 e. The molecule has 0 saturated heterocycles. The molecule has 11 aromatic rings. The van der Waals surface area contributed by atoms with Crippen molar-refractivity contribution in [1.82, 2.24) is 9.13 Å². The van der Waals surface area contributed by atoms with Gasteiger partial charge in [0.05, 0.1) is 31.5 Å². The topological polar surface area (TPSA) is 9.86 Å². The van der Waals surface area contributed by atoms with Gasteiger partial charge in [0.2, 0.25) is 0 Å². The van der Waals surface area contributed by atoms with Gasteiger partial charge in [-0.2, -0.15) is 0 Å². The first-order chi connectivity index (χ1) is 24.8. The van der Waals surface area contributed by atoms with E-state index in [-0.39, 0.29) is 0 Å². The molecule has 7 aromatic carbocycles. The fourth-order valence-electron chi connectivity index (χ4n) is 7.92. The van der Waals surface area contributed by atoms with Crippen molar-refractivity contribution in [2.45, 2.75) is 0 Å². The van der Waals surface area contributed by atoms with Crippen LogP contribution < -0.4 is 0 Å². The van der Waals surface area contributed by atoms with Gasteiger partial charge in [0, 0.05) is 42.3 Å². The molecule has 234 valence electrons. The minimum atomic E-state index is 1.19. The zero-order valence-electron chi connectivity index (χ0n) is 26.9. The predicted molar refractivity (Wildman–Crippen MR) is 217 cm³/mol. The number of thiophene rings is 2. The summed E-state index contributed by atoms with van der Waals surface area (Å²) in [5, 5.41) is 5.20. The molecule has 4 heteroatoms. The van der Waals surface area contributed by atoms with E-state index in [1.165, 1.54) is 96.0 Å². The van der Waals surface area contributed by atoms with Gasteiger partial charge in [0.1, 0.15) is 0 Å². The quantitative estimate of drug-likeness (QED) is 0.176. The van der Waals surface area contributed by atoms with Gasteiger partial charge in [-0.15, -0.1) is 22.7 Å². The van der Waals surface area contributed by atoms with Crippen LogP contribution in [0.5, 0.6) is 0 Å². The second-order valence-corrected chi connectivity index (χ2v) is 15.0. The molecular weight excluding hydrogens is 645 g/mol. The summed E-state index contributed by atoms with van der Waals surface area (Å²) in [6, 6.07) is 62.0. The third-order valence-corrected chi connectivity index (χ3v) is 12.6. The fraction of sp³-hybridized carbons (Fsp3) is 0. The number of nitrogens with zero attached hydrogens (tertiary/aromatic N) is 2. The van der Waals surface area contributed by atoms with Crippen molar-refractivity contribution in [1.29, 1.82) is 0 Å². The molecule has 0 bridgehead atoms. The monoisotopic (exact) mass is 672 g/mol. The largest absolute Gasteiger partial charge is 0.308 e. The van der Waals surface area contributed by atoms with E-state index in [0.29, 0.717) is 0 Å². The summed E-state index contributed by atoms with van der Waals surface area (Å²) in [6.45, 7) is 0. The Labute approximate surface area is 296 Å². The third kappa shape index (κ3) is 4.01. The molecule has 0 radical (unpaired) electrons. The Morgan fingerprint density at radius 3 is 1.58 bits per heavy atom. The van der Waals surface area contributed by atoms with E-state index >= 15 is 0 Å². The molecule has 0 atom stereocenters. The molecule has 0 aliphatic carbocycles. The lowest BCUT2D eigenvalue weighted by molar-refractivity contribution is 1.19. The SMILES string of the molecule is c1ccc(-n2c3ccccc3c3sc4cc(-c5cccc(-c6cccc7c6sc6c8ccccc8n(-c8ccccc8)c76)c5)ccc4c32)cc1. The summed E-state index contributed by atoms with van der Waals surface area (Å²) in [5.74, 6) is 0. The van der Waals surface area contributed by atoms with Crippen LogP contribution >= 0.6 is 22.7 Å². The molecule has 11 rings (SSSR count). The van der Waals surface area contributed by atoms with Crippen LogP contribution in [0.4, 0.5) is 0 Å².